The molecule has 2 aliphatic heterocycles. The second kappa shape index (κ2) is 6.86. The van der Waals surface area contributed by atoms with Crippen LogP contribution in [0.1, 0.15) is 19.3 Å². The van der Waals surface area contributed by atoms with Crippen molar-refractivity contribution < 1.29 is 33.7 Å². The number of aliphatic carboxylic acids is 1. The summed E-state index contributed by atoms with van der Waals surface area (Å²) in [5, 5.41) is 8.87. The van der Waals surface area contributed by atoms with E-state index in [1.165, 1.54) is 7.11 Å². The Labute approximate surface area is 121 Å². The number of ether oxygens (including phenoxy) is 3. The SMILES string of the molecule is COC(=O)CC1CN(C(=O)[C@@H]2CC[C@H](C(=O)O)O2)CCO1. The quantitative estimate of drug-likeness (QED) is 0.692. The van der Waals surface area contributed by atoms with Gasteiger partial charge in [-0.05, 0) is 12.8 Å². The van der Waals surface area contributed by atoms with Crippen LogP contribution in [0.4, 0.5) is 0 Å². The fraction of sp³-hybridized carbons (Fsp3) is 0.769. The van der Waals surface area contributed by atoms with Crippen LogP contribution < -0.4 is 0 Å². The topological polar surface area (TPSA) is 102 Å². The molecule has 1 amide bonds. The summed E-state index contributed by atoms with van der Waals surface area (Å²) < 4.78 is 15.3. The number of esters is 1. The highest BCUT2D eigenvalue weighted by molar-refractivity contribution is 5.83. The molecule has 0 aromatic rings. The predicted molar refractivity (Wildman–Crippen MR) is 68.5 cm³/mol. The standard InChI is InChI=1S/C13H19NO7/c1-19-11(15)6-8-7-14(4-5-20-8)12(16)9-2-3-10(21-9)13(17)18/h8-10H,2-7H2,1H3,(H,17,18)/t8?,9-,10+/m0/s1. The minimum absolute atomic E-state index is 0.0869. The van der Waals surface area contributed by atoms with Crippen molar-refractivity contribution in [1.82, 2.24) is 4.90 Å². The van der Waals surface area contributed by atoms with E-state index in [-0.39, 0.29) is 18.9 Å². The maximum Gasteiger partial charge on any atom is 0.332 e. The van der Waals surface area contributed by atoms with E-state index in [1.807, 2.05) is 0 Å². The predicted octanol–water partition coefficient (Wildman–Crippen LogP) is -0.591. The molecule has 0 bridgehead atoms. The minimum atomic E-state index is -1.05. The van der Waals surface area contributed by atoms with Gasteiger partial charge in [0.2, 0.25) is 0 Å². The van der Waals surface area contributed by atoms with Gasteiger partial charge >= 0.3 is 11.9 Å². The number of morpholine rings is 1. The van der Waals surface area contributed by atoms with Crippen molar-refractivity contribution in [3.05, 3.63) is 0 Å². The highest BCUT2D eigenvalue weighted by atomic mass is 16.5. The molecule has 0 spiro atoms. The molecule has 2 fully saturated rings. The van der Waals surface area contributed by atoms with Gasteiger partial charge in [-0.15, -0.1) is 0 Å². The van der Waals surface area contributed by atoms with Gasteiger partial charge in [-0.1, -0.05) is 0 Å². The molecule has 8 heteroatoms. The van der Waals surface area contributed by atoms with Crippen LogP contribution in [0.5, 0.6) is 0 Å². The Morgan fingerprint density at radius 1 is 1.29 bits per heavy atom. The lowest BCUT2D eigenvalue weighted by molar-refractivity contribution is -0.160. The number of methoxy groups -OCH3 is 1. The van der Waals surface area contributed by atoms with Gasteiger partial charge in [0.15, 0.2) is 6.10 Å². The molecular formula is C13H19NO7. The third-order valence-electron chi connectivity index (χ3n) is 3.64. The van der Waals surface area contributed by atoms with Crippen LogP contribution in [0, 0.1) is 0 Å². The Bertz CT molecular complexity index is 425. The number of carbonyl (C=O) groups excluding carboxylic acids is 2. The number of hydrogen-bond acceptors (Lipinski definition) is 6. The average Bonchev–Trinajstić information content (AvgIpc) is 2.96. The zero-order valence-corrected chi connectivity index (χ0v) is 11.8. The lowest BCUT2D eigenvalue weighted by atomic mass is 10.1. The van der Waals surface area contributed by atoms with Crippen LogP contribution >= 0.6 is 0 Å². The third kappa shape index (κ3) is 3.92. The molecule has 0 radical (unpaired) electrons. The Kier molecular flexibility index (Phi) is 5.13. The molecule has 1 N–H and O–H groups in total. The number of carbonyl (C=O) groups is 3. The summed E-state index contributed by atoms with van der Waals surface area (Å²) in [5.41, 5.74) is 0. The number of rotatable bonds is 4. The monoisotopic (exact) mass is 301 g/mol. The summed E-state index contributed by atoms with van der Waals surface area (Å²) >= 11 is 0. The lowest BCUT2D eigenvalue weighted by Gasteiger charge is -2.33. The van der Waals surface area contributed by atoms with Crippen LogP contribution in [-0.4, -0.2) is 73.0 Å². The molecule has 21 heavy (non-hydrogen) atoms. The molecule has 3 atom stereocenters. The largest absolute Gasteiger partial charge is 0.479 e. The van der Waals surface area contributed by atoms with Crippen LogP contribution in [-0.2, 0) is 28.6 Å². The zero-order chi connectivity index (χ0) is 15.4. The van der Waals surface area contributed by atoms with E-state index >= 15 is 0 Å². The fourth-order valence-electron chi connectivity index (χ4n) is 2.52. The highest BCUT2D eigenvalue weighted by Gasteiger charge is 2.38. The van der Waals surface area contributed by atoms with Gasteiger partial charge in [0.25, 0.3) is 5.91 Å². The highest BCUT2D eigenvalue weighted by Crippen LogP contribution is 2.22. The summed E-state index contributed by atoms with van der Waals surface area (Å²) in [6.45, 7) is 1.03. The smallest absolute Gasteiger partial charge is 0.332 e. The first-order valence-corrected chi connectivity index (χ1v) is 6.86. The van der Waals surface area contributed by atoms with Gasteiger partial charge in [-0.3, -0.25) is 9.59 Å². The minimum Gasteiger partial charge on any atom is -0.479 e. The number of carboxylic acid groups (broad SMARTS) is 1. The first-order chi connectivity index (χ1) is 10.0. The van der Waals surface area contributed by atoms with Crippen LogP contribution in [0.15, 0.2) is 0 Å². The Morgan fingerprint density at radius 2 is 2.00 bits per heavy atom. The summed E-state index contributed by atoms with van der Waals surface area (Å²) in [6, 6.07) is 0. The Morgan fingerprint density at radius 3 is 2.62 bits per heavy atom. The normalized spacial score (nSPS) is 29.2. The van der Waals surface area contributed by atoms with Crippen LogP contribution in [0.25, 0.3) is 0 Å². The molecule has 0 aromatic heterocycles. The number of hydrogen-bond donors (Lipinski definition) is 1. The first kappa shape index (κ1) is 15.7. The fourth-order valence-corrected chi connectivity index (χ4v) is 2.52. The molecule has 8 nitrogen and oxygen atoms in total. The van der Waals surface area contributed by atoms with Gasteiger partial charge in [-0.25, -0.2) is 4.79 Å². The molecule has 0 saturated carbocycles. The molecular weight excluding hydrogens is 282 g/mol. The Balaban J connectivity index is 1.87. The summed E-state index contributed by atoms with van der Waals surface area (Å²) in [4.78, 5) is 35.9. The van der Waals surface area contributed by atoms with Gasteiger partial charge in [0.1, 0.15) is 6.10 Å². The summed E-state index contributed by atoms with van der Waals surface area (Å²) in [7, 11) is 1.30. The van der Waals surface area contributed by atoms with Gasteiger partial charge in [0, 0.05) is 13.1 Å². The van der Waals surface area contributed by atoms with Gasteiger partial charge in [0.05, 0.1) is 26.2 Å². The second-order valence-electron chi connectivity index (χ2n) is 5.09. The van der Waals surface area contributed by atoms with Gasteiger partial charge < -0.3 is 24.2 Å². The molecule has 118 valence electrons. The zero-order valence-electron chi connectivity index (χ0n) is 11.8. The maximum atomic E-state index is 12.3. The van der Waals surface area contributed by atoms with E-state index < -0.39 is 30.3 Å². The maximum absolute atomic E-state index is 12.3. The number of nitrogens with zero attached hydrogens (tertiary/aromatic N) is 1. The second-order valence-corrected chi connectivity index (χ2v) is 5.09. The van der Waals surface area contributed by atoms with E-state index in [9.17, 15) is 14.4 Å². The molecule has 1 unspecified atom stereocenters. The summed E-state index contributed by atoms with van der Waals surface area (Å²) in [5.74, 6) is -1.68. The van der Waals surface area contributed by atoms with E-state index in [4.69, 9.17) is 14.6 Å². The van der Waals surface area contributed by atoms with E-state index in [0.717, 1.165) is 0 Å². The lowest BCUT2D eigenvalue weighted by Crippen LogP contribution is -2.49. The number of amides is 1. The van der Waals surface area contributed by atoms with Crippen LogP contribution in [0.3, 0.4) is 0 Å². The summed E-state index contributed by atoms with van der Waals surface area (Å²) in [6.07, 6.45) is -1.21. The Hall–Kier alpha value is -1.67. The van der Waals surface area contributed by atoms with Crippen LogP contribution in [0.2, 0.25) is 0 Å². The number of carboxylic acids is 1. The first-order valence-electron chi connectivity index (χ1n) is 6.86. The molecule has 2 rings (SSSR count). The van der Waals surface area contributed by atoms with Crippen molar-refractivity contribution in [2.75, 3.05) is 26.8 Å². The van der Waals surface area contributed by atoms with E-state index in [2.05, 4.69) is 4.74 Å². The van der Waals surface area contributed by atoms with Crippen molar-refractivity contribution in [3.63, 3.8) is 0 Å². The van der Waals surface area contributed by atoms with Crippen molar-refractivity contribution in [3.8, 4) is 0 Å². The molecule has 0 aliphatic carbocycles. The van der Waals surface area contributed by atoms with Crippen molar-refractivity contribution in [2.24, 2.45) is 0 Å². The van der Waals surface area contributed by atoms with E-state index in [0.29, 0.717) is 26.0 Å². The molecule has 0 aromatic carbocycles. The van der Waals surface area contributed by atoms with Gasteiger partial charge in [-0.2, -0.15) is 0 Å². The third-order valence-corrected chi connectivity index (χ3v) is 3.64. The van der Waals surface area contributed by atoms with Crippen molar-refractivity contribution in [2.45, 2.75) is 37.6 Å². The molecule has 2 aliphatic rings. The molecule has 2 heterocycles. The van der Waals surface area contributed by atoms with E-state index in [1.54, 1.807) is 4.90 Å². The average molecular weight is 301 g/mol. The molecule has 2 saturated heterocycles. The van der Waals surface area contributed by atoms with Crippen molar-refractivity contribution in [1.29, 1.82) is 0 Å². The van der Waals surface area contributed by atoms with Crippen molar-refractivity contribution >= 4 is 17.8 Å².